The lowest BCUT2D eigenvalue weighted by molar-refractivity contribution is -0.140. The van der Waals surface area contributed by atoms with Crippen LogP contribution in [0.1, 0.15) is 0 Å². The number of para-hydroxylation sites is 1. The molecule has 0 aliphatic carbocycles. The highest BCUT2D eigenvalue weighted by molar-refractivity contribution is 6.03. The molecule has 0 saturated carbocycles. The smallest absolute Gasteiger partial charge is 0.355 e. The monoisotopic (exact) mass is 367 g/mol. The van der Waals surface area contributed by atoms with E-state index in [-0.39, 0.29) is 42.1 Å². The van der Waals surface area contributed by atoms with E-state index in [4.69, 9.17) is 23.7 Å². The Labute approximate surface area is 149 Å². The van der Waals surface area contributed by atoms with Gasteiger partial charge in [-0.15, -0.1) is 0 Å². The zero-order valence-corrected chi connectivity index (χ0v) is 14.3. The van der Waals surface area contributed by atoms with E-state index in [0.29, 0.717) is 13.2 Å². The number of methoxy groups -OCH3 is 2. The van der Waals surface area contributed by atoms with Crippen LogP contribution in [-0.4, -0.2) is 58.8 Å². The number of benzene rings is 1. The molecule has 2 aliphatic heterocycles. The molecule has 0 amide bonds. The van der Waals surface area contributed by atoms with Crippen molar-refractivity contribution in [2.45, 2.75) is 6.10 Å². The minimum Gasteiger partial charge on any atom is -0.480 e. The van der Waals surface area contributed by atoms with E-state index in [0.717, 1.165) is 0 Å². The standard InChI is InChI=1S/C17H18FNO7/c1-22-16(20)11-8-25-9-19(14(11)17(21)23-2)13-5-3-4-12(18)15(13)26-10-6-24-7-10/h3-5,10H,6-9H2,1-2H3. The van der Waals surface area contributed by atoms with Crippen LogP contribution in [0.4, 0.5) is 10.1 Å². The van der Waals surface area contributed by atoms with Crippen molar-refractivity contribution in [2.24, 2.45) is 0 Å². The fraction of sp³-hybridized carbons (Fsp3) is 0.412. The molecule has 1 aromatic rings. The molecule has 0 bridgehead atoms. The highest BCUT2D eigenvalue weighted by Gasteiger charge is 2.35. The van der Waals surface area contributed by atoms with Gasteiger partial charge in [0.05, 0.1) is 45.3 Å². The van der Waals surface area contributed by atoms with E-state index in [1.807, 2.05) is 0 Å². The van der Waals surface area contributed by atoms with E-state index in [9.17, 15) is 14.0 Å². The van der Waals surface area contributed by atoms with E-state index in [2.05, 4.69) is 0 Å². The van der Waals surface area contributed by atoms with Gasteiger partial charge in [-0.25, -0.2) is 14.0 Å². The molecule has 0 unspecified atom stereocenters. The lowest BCUT2D eigenvalue weighted by Gasteiger charge is -2.34. The predicted octanol–water partition coefficient (Wildman–Crippen LogP) is 0.997. The number of carbonyl (C=O) groups excluding carboxylic acids is 2. The zero-order chi connectivity index (χ0) is 18.7. The van der Waals surface area contributed by atoms with Crippen molar-refractivity contribution in [3.05, 3.63) is 35.3 Å². The number of esters is 2. The molecular formula is C17H18FNO7. The van der Waals surface area contributed by atoms with Gasteiger partial charge >= 0.3 is 11.9 Å². The minimum absolute atomic E-state index is 0.0206. The van der Waals surface area contributed by atoms with E-state index in [1.54, 1.807) is 6.07 Å². The number of rotatable bonds is 5. The first-order valence-corrected chi connectivity index (χ1v) is 7.84. The Balaban J connectivity index is 2.07. The number of hydrogen-bond donors (Lipinski definition) is 0. The van der Waals surface area contributed by atoms with Crippen molar-refractivity contribution in [3.63, 3.8) is 0 Å². The van der Waals surface area contributed by atoms with E-state index in [1.165, 1.54) is 31.3 Å². The second kappa shape index (κ2) is 7.71. The number of carbonyl (C=O) groups is 2. The maximum absolute atomic E-state index is 14.4. The number of hydrogen-bond acceptors (Lipinski definition) is 8. The van der Waals surface area contributed by atoms with Gasteiger partial charge in [-0.2, -0.15) is 0 Å². The third-order valence-corrected chi connectivity index (χ3v) is 3.96. The third-order valence-electron chi connectivity index (χ3n) is 3.96. The van der Waals surface area contributed by atoms with Crippen molar-refractivity contribution in [2.75, 3.05) is 45.7 Å². The molecule has 26 heavy (non-hydrogen) atoms. The van der Waals surface area contributed by atoms with Gasteiger partial charge in [0.2, 0.25) is 0 Å². The largest absolute Gasteiger partial charge is 0.480 e. The van der Waals surface area contributed by atoms with Crippen LogP contribution < -0.4 is 9.64 Å². The van der Waals surface area contributed by atoms with Crippen molar-refractivity contribution in [3.8, 4) is 5.75 Å². The van der Waals surface area contributed by atoms with Crippen molar-refractivity contribution >= 4 is 17.6 Å². The van der Waals surface area contributed by atoms with E-state index < -0.39 is 17.8 Å². The van der Waals surface area contributed by atoms with Gasteiger partial charge in [0, 0.05) is 0 Å². The molecule has 1 saturated heterocycles. The second-order valence-corrected chi connectivity index (χ2v) is 5.58. The summed E-state index contributed by atoms with van der Waals surface area (Å²) in [4.78, 5) is 25.7. The molecule has 2 aliphatic rings. The van der Waals surface area contributed by atoms with Crippen molar-refractivity contribution in [1.82, 2.24) is 0 Å². The van der Waals surface area contributed by atoms with Gasteiger partial charge in [-0.05, 0) is 12.1 Å². The van der Waals surface area contributed by atoms with Crippen LogP contribution in [0.25, 0.3) is 0 Å². The Bertz CT molecular complexity index is 745. The summed E-state index contributed by atoms with van der Waals surface area (Å²) in [6.45, 7) is 0.469. The Morgan fingerprint density at radius 3 is 2.50 bits per heavy atom. The van der Waals surface area contributed by atoms with Crippen LogP contribution in [0, 0.1) is 5.82 Å². The fourth-order valence-electron chi connectivity index (χ4n) is 2.61. The maximum atomic E-state index is 14.4. The molecule has 9 heteroatoms. The first-order chi connectivity index (χ1) is 12.6. The highest BCUT2D eigenvalue weighted by atomic mass is 19.1. The van der Waals surface area contributed by atoms with Gasteiger partial charge in [0.25, 0.3) is 0 Å². The van der Waals surface area contributed by atoms with Crippen LogP contribution >= 0.6 is 0 Å². The van der Waals surface area contributed by atoms with Crippen LogP contribution in [0.5, 0.6) is 5.75 Å². The summed E-state index contributed by atoms with van der Waals surface area (Å²) < 4.78 is 40.0. The Hall–Kier alpha value is -2.65. The molecule has 3 rings (SSSR count). The lowest BCUT2D eigenvalue weighted by atomic mass is 10.1. The Kier molecular flexibility index (Phi) is 5.38. The molecule has 0 spiro atoms. The molecular weight excluding hydrogens is 349 g/mol. The summed E-state index contributed by atoms with van der Waals surface area (Å²) in [5.41, 5.74) is 0.136. The quantitative estimate of drug-likeness (QED) is 0.713. The second-order valence-electron chi connectivity index (χ2n) is 5.58. The SMILES string of the molecule is COC(=O)C1=C(C(=O)OC)N(c2cccc(F)c2OC2COC2)COC1. The predicted molar refractivity (Wildman–Crippen MR) is 86.0 cm³/mol. The molecule has 0 aromatic heterocycles. The first-order valence-electron chi connectivity index (χ1n) is 7.84. The average molecular weight is 367 g/mol. The summed E-state index contributed by atoms with van der Waals surface area (Å²) in [6.07, 6.45) is -0.290. The van der Waals surface area contributed by atoms with Crippen LogP contribution in [-0.2, 0) is 28.5 Å². The van der Waals surface area contributed by atoms with E-state index >= 15 is 0 Å². The summed E-state index contributed by atoms with van der Waals surface area (Å²) >= 11 is 0. The third kappa shape index (κ3) is 3.35. The van der Waals surface area contributed by atoms with Crippen LogP contribution in [0.3, 0.4) is 0 Å². The maximum Gasteiger partial charge on any atom is 0.355 e. The molecule has 2 heterocycles. The number of nitrogens with zero attached hydrogens (tertiary/aromatic N) is 1. The normalized spacial score (nSPS) is 17.6. The molecule has 0 N–H and O–H groups in total. The molecule has 0 atom stereocenters. The summed E-state index contributed by atoms with van der Waals surface area (Å²) in [5, 5.41) is 0. The van der Waals surface area contributed by atoms with Gasteiger partial charge in [0.1, 0.15) is 18.5 Å². The molecule has 140 valence electrons. The zero-order valence-electron chi connectivity index (χ0n) is 14.3. The Morgan fingerprint density at radius 2 is 1.88 bits per heavy atom. The minimum atomic E-state index is -0.768. The van der Waals surface area contributed by atoms with Gasteiger partial charge in [-0.1, -0.05) is 6.07 Å². The lowest BCUT2D eigenvalue weighted by Crippen LogP contribution is -2.41. The molecule has 1 aromatic carbocycles. The summed E-state index contributed by atoms with van der Waals surface area (Å²) in [7, 11) is 2.38. The molecule has 0 radical (unpaired) electrons. The first kappa shape index (κ1) is 18.2. The topological polar surface area (TPSA) is 83.5 Å². The van der Waals surface area contributed by atoms with Crippen LogP contribution in [0.15, 0.2) is 29.5 Å². The summed E-state index contributed by atoms with van der Waals surface area (Å²) in [5.74, 6) is -2.17. The number of ether oxygens (including phenoxy) is 5. The fourth-order valence-corrected chi connectivity index (χ4v) is 2.61. The molecule has 1 fully saturated rings. The Morgan fingerprint density at radius 1 is 1.15 bits per heavy atom. The highest BCUT2D eigenvalue weighted by Crippen LogP contribution is 2.37. The van der Waals surface area contributed by atoms with Crippen molar-refractivity contribution in [1.29, 1.82) is 0 Å². The summed E-state index contributed by atoms with van der Waals surface area (Å²) in [6, 6.07) is 4.27. The van der Waals surface area contributed by atoms with Gasteiger partial charge in [0.15, 0.2) is 11.6 Å². The van der Waals surface area contributed by atoms with Crippen LogP contribution in [0.2, 0.25) is 0 Å². The molecule has 8 nitrogen and oxygen atoms in total. The van der Waals surface area contributed by atoms with Crippen molar-refractivity contribution < 1.29 is 37.7 Å². The van der Waals surface area contributed by atoms with Gasteiger partial charge in [-0.3, -0.25) is 0 Å². The van der Waals surface area contributed by atoms with Gasteiger partial charge < -0.3 is 28.6 Å². The average Bonchev–Trinajstić information content (AvgIpc) is 2.63. The number of anilines is 1. The number of halogens is 1.